The Balaban J connectivity index is 2.26. The van der Waals surface area contributed by atoms with Crippen LogP contribution in [0.2, 0.25) is 0 Å². The minimum atomic E-state index is -4.46. The zero-order chi connectivity index (χ0) is 15.2. The number of hydrogen-bond donors (Lipinski definition) is 1. The molecular formula is C15H16F3N3. The lowest BCUT2D eigenvalue weighted by Crippen LogP contribution is -2.25. The molecule has 6 heteroatoms. The van der Waals surface area contributed by atoms with Gasteiger partial charge in [0.2, 0.25) is 5.82 Å². The molecule has 0 aliphatic carbocycles. The average molecular weight is 295 g/mol. The van der Waals surface area contributed by atoms with Crippen LogP contribution >= 0.6 is 0 Å². The molecule has 0 radical (unpaired) electrons. The largest absolute Gasteiger partial charge is 0.450 e. The number of aromatic nitrogens is 2. The summed E-state index contributed by atoms with van der Waals surface area (Å²) >= 11 is 0. The van der Waals surface area contributed by atoms with Gasteiger partial charge >= 0.3 is 6.18 Å². The zero-order valence-electron chi connectivity index (χ0n) is 11.9. The predicted octanol–water partition coefficient (Wildman–Crippen LogP) is 3.15. The first kappa shape index (κ1) is 14.1. The van der Waals surface area contributed by atoms with Crippen molar-refractivity contribution in [3.63, 3.8) is 0 Å². The maximum absolute atomic E-state index is 13.3. The summed E-state index contributed by atoms with van der Waals surface area (Å²) in [6, 6.07) is 5.49. The lowest BCUT2D eigenvalue weighted by atomic mass is 10.1. The smallest absolute Gasteiger partial charge is 0.311 e. The van der Waals surface area contributed by atoms with Crippen molar-refractivity contribution < 1.29 is 13.2 Å². The highest BCUT2D eigenvalue weighted by molar-refractivity contribution is 5.44. The van der Waals surface area contributed by atoms with Gasteiger partial charge in [-0.2, -0.15) is 13.2 Å². The minimum Gasteiger partial charge on any atom is -0.311 e. The van der Waals surface area contributed by atoms with Crippen LogP contribution in [0.1, 0.15) is 28.3 Å². The molecule has 1 aromatic heterocycles. The Bertz CT molecular complexity index is 666. The monoisotopic (exact) mass is 295 g/mol. The Morgan fingerprint density at radius 1 is 1.14 bits per heavy atom. The van der Waals surface area contributed by atoms with E-state index in [4.69, 9.17) is 0 Å². The normalized spacial score (nSPS) is 15.1. The van der Waals surface area contributed by atoms with Gasteiger partial charge < -0.3 is 5.32 Å². The van der Waals surface area contributed by atoms with Gasteiger partial charge in [0, 0.05) is 30.9 Å². The first-order valence-corrected chi connectivity index (χ1v) is 6.83. The number of halogens is 3. The van der Waals surface area contributed by atoms with E-state index in [1.54, 1.807) is 12.1 Å². The summed E-state index contributed by atoms with van der Waals surface area (Å²) in [4.78, 5) is 3.83. The second kappa shape index (κ2) is 4.87. The molecule has 1 N–H and O–H groups in total. The summed E-state index contributed by atoms with van der Waals surface area (Å²) in [6.07, 6.45) is -3.92. The molecule has 2 heterocycles. The van der Waals surface area contributed by atoms with E-state index in [0.717, 1.165) is 11.1 Å². The van der Waals surface area contributed by atoms with Gasteiger partial charge in [0.25, 0.3) is 0 Å². The predicted molar refractivity (Wildman–Crippen MR) is 73.5 cm³/mol. The van der Waals surface area contributed by atoms with Crippen molar-refractivity contribution in [3.05, 3.63) is 46.5 Å². The molecular weight excluding hydrogens is 279 g/mol. The first-order valence-electron chi connectivity index (χ1n) is 6.83. The second-order valence-electron chi connectivity index (χ2n) is 5.43. The average Bonchev–Trinajstić information content (AvgIpc) is 2.76. The van der Waals surface area contributed by atoms with Crippen LogP contribution in [0.15, 0.2) is 18.2 Å². The Kier molecular flexibility index (Phi) is 3.28. The van der Waals surface area contributed by atoms with Crippen molar-refractivity contribution in [1.29, 1.82) is 0 Å². The van der Waals surface area contributed by atoms with Crippen molar-refractivity contribution in [1.82, 2.24) is 14.9 Å². The van der Waals surface area contributed by atoms with E-state index in [0.29, 0.717) is 36.6 Å². The van der Waals surface area contributed by atoms with Crippen LogP contribution in [0.4, 0.5) is 13.2 Å². The third kappa shape index (κ3) is 2.55. The molecule has 112 valence electrons. The highest BCUT2D eigenvalue weighted by Crippen LogP contribution is 2.34. The summed E-state index contributed by atoms with van der Waals surface area (Å²) < 4.78 is 41.2. The third-order valence-electron chi connectivity index (χ3n) is 3.60. The van der Waals surface area contributed by atoms with Gasteiger partial charge in [0.05, 0.1) is 5.69 Å². The Morgan fingerprint density at radius 3 is 2.43 bits per heavy atom. The van der Waals surface area contributed by atoms with Crippen LogP contribution in [-0.2, 0) is 19.1 Å². The van der Waals surface area contributed by atoms with Crippen LogP contribution in [0, 0.1) is 13.8 Å². The molecule has 1 aliphatic rings. The fourth-order valence-electron chi connectivity index (χ4n) is 2.86. The quantitative estimate of drug-likeness (QED) is 0.876. The molecule has 0 unspecified atom stereocenters. The van der Waals surface area contributed by atoms with E-state index in [2.05, 4.69) is 10.3 Å². The van der Waals surface area contributed by atoms with Gasteiger partial charge in [-0.05, 0) is 37.1 Å². The van der Waals surface area contributed by atoms with E-state index in [1.807, 2.05) is 19.9 Å². The van der Waals surface area contributed by atoms with Crippen LogP contribution < -0.4 is 5.32 Å². The van der Waals surface area contributed by atoms with Gasteiger partial charge in [-0.1, -0.05) is 6.07 Å². The van der Waals surface area contributed by atoms with Crippen LogP contribution in [0.5, 0.6) is 0 Å². The maximum Gasteiger partial charge on any atom is 0.450 e. The number of aryl methyl sites for hydroxylation is 2. The summed E-state index contributed by atoms with van der Waals surface area (Å²) in [7, 11) is 0. The molecule has 0 saturated carbocycles. The highest BCUT2D eigenvalue weighted by Gasteiger charge is 2.39. The maximum atomic E-state index is 13.3. The van der Waals surface area contributed by atoms with Crippen molar-refractivity contribution in [2.75, 3.05) is 6.54 Å². The number of benzene rings is 1. The molecule has 0 bridgehead atoms. The Morgan fingerprint density at radius 2 is 1.81 bits per heavy atom. The molecule has 21 heavy (non-hydrogen) atoms. The number of imidazole rings is 1. The van der Waals surface area contributed by atoms with Gasteiger partial charge in [-0.15, -0.1) is 0 Å². The summed E-state index contributed by atoms with van der Waals surface area (Å²) in [5.74, 6) is -0.832. The molecule has 0 saturated heterocycles. The molecule has 3 nitrogen and oxygen atoms in total. The van der Waals surface area contributed by atoms with Crippen LogP contribution in [0.25, 0.3) is 5.69 Å². The SMILES string of the molecule is Cc1cc(C)cc(-n2c(C(F)(F)F)nc3c2CCNC3)c1. The van der Waals surface area contributed by atoms with Crippen LogP contribution in [-0.4, -0.2) is 16.1 Å². The summed E-state index contributed by atoms with van der Waals surface area (Å²) in [6.45, 7) is 4.82. The van der Waals surface area contributed by atoms with Gasteiger partial charge in [0.15, 0.2) is 0 Å². The number of alkyl halides is 3. The molecule has 0 spiro atoms. The standard InChI is InChI=1S/C15H16F3N3/c1-9-5-10(2)7-11(6-9)21-13-3-4-19-8-12(13)20-14(21)15(16,17)18/h5-7,19H,3-4,8H2,1-2H3. The lowest BCUT2D eigenvalue weighted by molar-refractivity contribution is -0.146. The Hall–Kier alpha value is -1.82. The summed E-state index contributed by atoms with van der Waals surface area (Å²) in [5, 5.41) is 3.06. The van der Waals surface area contributed by atoms with Crippen LogP contribution in [0.3, 0.4) is 0 Å². The van der Waals surface area contributed by atoms with Crippen molar-refractivity contribution in [2.45, 2.75) is 33.0 Å². The van der Waals surface area contributed by atoms with Gasteiger partial charge in [0.1, 0.15) is 0 Å². The van der Waals surface area contributed by atoms with E-state index in [-0.39, 0.29) is 0 Å². The van der Waals surface area contributed by atoms with E-state index < -0.39 is 12.0 Å². The molecule has 0 fully saturated rings. The lowest BCUT2D eigenvalue weighted by Gasteiger charge is -2.17. The fourth-order valence-corrected chi connectivity index (χ4v) is 2.86. The van der Waals surface area contributed by atoms with Crippen molar-refractivity contribution in [3.8, 4) is 5.69 Å². The number of nitrogens with zero attached hydrogens (tertiary/aromatic N) is 2. The molecule has 2 aromatic rings. The molecule has 3 rings (SSSR count). The number of rotatable bonds is 1. The number of fused-ring (bicyclic) bond motifs is 1. The first-order chi connectivity index (χ1) is 9.86. The van der Waals surface area contributed by atoms with Crippen molar-refractivity contribution >= 4 is 0 Å². The minimum absolute atomic E-state index is 0.385. The molecule has 1 aromatic carbocycles. The number of nitrogens with one attached hydrogen (secondary N) is 1. The van der Waals surface area contributed by atoms with Gasteiger partial charge in [-0.3, -0.25) is 4.57 Å². The molecule has 0 atom stereocenters. The molecule has 0 amide bonds. The molecule has 1 aliphatic heterocycles. The zero-order valence-corrected chi connectivity index (χ0v) is 11.9. The summed E-state index contributed by atoms with van der Waals surface area (Å²) in [5.41, 5.74) is 3.57. The topological polar surface area (TPSA) is 29.9 Å². The van der Waals surface area contributed by atoms with Gasteiger partial charge in [-0.25, -0.2) is 4.98 Å². The number of hydrogen-bond acceptors (Lipinski definition) is 2. The van der Waals surface area contributed by atoms with E-state index in [9.17, 15) is 13.2 Å². The van der Waals surface area contributed by atoms with E-state index >= 15 is 0 Å². The highest BCUT2D eigenvalue weighted by atomic mass is 19.4. The fraction of sp³-hybridized carbons (Fsp3) is 0.400. The Labute approximate surface area is 120 Å². The van der Waals surface area contributed by atoms with Crippen molar-refractivity contribution in [2.24, 2.45) is 0 Å². The van der Waals surface area contributed by atoms with E-state index in [1.165, 1.54) is 4.57 Å². The third-order valence-corrected chi connectivity index (χ3v) is 3.60. The second-order valence-corrected chi connectivity index (χ2v) is 5.43.